The average Bonchev–Trinajstić information content (AvgIpc) is 3.38. The molecule has 2 fully saturated rings. The molecule has 0 unspecified atom stereocenters. The van der Waals surface area contributed by atoms with Gasteiger partial charge in [-0.1, -0.05) is 6.42 Å². The van der Waals surface area contributed by atoms with Gasteiger partial charge in [-0.2, -0.15) is 0 Å². The molecule has 32 heavy (non-hydrogen) atoms. The highest BCUT2D eigenvalue weighted by Crippen LogP contribution is 2.49. The lowest BCUT2D eigenvalue weighted by molar-refractivity contribution is -0.146. The van der Waals surface area contributed by atoms with Crippen molar-refractivity contribution in [3.05, 3.63) is 46.0 Å². The standard InChI is InChI=1S/C24H28N4O3S/c1-31-16-5-6-17-18(9-16)26-22-19(11-29)28(23(30)15-3-2-4-15)14-24(21(17)22)12-27(13-24)10-20-25-7-8-32-20/h5-9,15,19,26,29H,2-4,10-14H2,1H3/t19-/m1/s1. The van der Waals surface area contributed by atoms with Crippen molar-refractivity contribution in [3.63, 3.8) is 0 Å². The molecule has 1 saturated heterocycles. The van der Waals surface area contributed by atoms with Gasteiger partial charge >= 0.3 is 0 Å². The maximum atomic E-state index is 13.4. The van der Waals surface area contributed by atoms with Gasteiger partial charge in [0.25, 0.3) is 0 Å². The number of ether oxygens (including phenoxy) is 1. The average molecular weight is 453 g/mol. The van der Waals surface area contributed by atoms with E-state index in [-0.39, 0.29) is 29.9 Å². The van der Waals surface area contributed by atoms with E-state index in [1.807, 2.05) is 28.6 Å². The number of nitrogens with zero attached hydrogens (tertiary/aromatic N) is 3. The molecule has 2 aromatic heterocycles. The van der Waals surface area contributed by atoms with Crippen molar-refractivity contribution >= 4 is 28.1 Å². The normalized spacial score (nSPS) is 22.6. The Kier molecular flexibility index (Phi) is 4.78. The van der Waals surface area contributed by atoms with Crippen LogP contribution >= 0.6 is 11.3 Å². The summed E-state index contributed by atoms with van der Waals surface area (Å²) in [7, 11) is 1.67. The lowest BCUT2D eigenvalue weighted by Gasteiger charge is -2.56. The molecular weight excluding hydrogens is 424 g/mol. The number of benzene rings is 1. The van der Waals surface area contributed by atoms with Crippen LogP contribution in [0.4, 0.5) is 0 Å². The van der Waals surface area contributed by atoms with E-state index in [0.29, 0.717) is 6.54 Å². The number of likely N-dealkylation sites (tertiary alicyclic amines) is 1. The van der Waals surface area contributed by atoms with Crippen molar-refractivity contribution in [2.45, 2.75) is 37.3 Å². The fourth-order valence-electron chi connectivity index (χ4n) is 5.83. The van der Waals surface area contributed by atoms with Crippen LogP contribution in [-0.2, 0) is 16.8 Å². The number of aliphatic hydroxyl groups excluding tert-OH is 1. The molecule has 1 aromatic carbocycles. The number of carbonyl (C=O) groups excluding carboxylic acids is 1. The Labute approximate surface area is 191 Å². The van der Waals surface area contributed by atoms with Crippen LogP contribution in [0.15, 0.2) is 29.8 Å². The van der Waals surface area contributed by atoms with E-state index in [0.717, 1.165) is 60.9 Å². The van der Waals surface area contributed by atoms with Crippen LogP contribution in [0.1, 0.15) is 41.6 Å². The van der Waals surface area contributed by atoms with E-state index in [4.69, 9.17) is 4.74 Å². The van der Waals surface area contributed by atoms with Gasteiger partial charge in [0.15, 0.2) is 0 Å². The molecule has 0 radical (unpaired) electrons. The number of H-pyrrole nitrogens is 1. The summed E-state index contributed by atoms with van der Waals surface area (Å²) in [4.78, 5) is 25.8. The minimum Gasteiger partial charge on any atom is -0.497 e. The zero-order chi connectivity index (χ0) is 21.9. The van der Waals surface area contributed by atoms with Gasteiger partial charge in [0, 0.05) is 65.2 Å². The number of hydrogen-bond acceptors (Lipinski definition) is 6. The number of thiazole rings is 1. The summed E-state index contributed by atoms with van der Waals surface area (Å²) in [5.41, 5.74) is 3.12. The first-order valence-electron chi connectivity index (χ1n) is 11.3. The van der Waals surface area contributed by atoms with E-state index in [1.54, 1.807) is 18.4 Å². The van der Waals surface area contributed by atoms with Gasteiger partial charge in [-0.25, -0.2) is 4.98 Å². The Bertz CT molecular complexity index is 1150. The topological polar surface area (TPSA) is 81.7 Å². The number of aromatic amines is 1. The van der Waals surface area contributed by atoms with Gasteiger partial charge < -0.3 is 19.7 Å². The van der Waals surface area contributed by atoms with Crippen LogP contribution in [0.5, 0.6) is 5.75 Å². The van der Waals surface area contributed by atoms with Crippen LogP contribution in [0.25, 0.3) is 10.9 Å². The monoisotopic (exact) mass is 452 g/mol. The summed E-state index contributed by atoms with van der Waals surface area (Å²) in [6, 6.07) is 5.80. The second-order valence-corrected chi connectivity index (χ2v) is 10.4. The molecule has 8 heteroatoms. The number of hydrogen-bond donors (Lipinski definition) is 2. The van der Waals surface area contributed by atoms with E-state index in [9.17, 15) is 9.90 Å². The van der Waals surface area contributed by atoms with Crippen molar-refractivity contribution in [2.75, 3.05) is 33.4 Å². The van der Waals surface area contributed by atoms with Gasteiger partial charge in [0.2, 0.25) is 5.91 Å². The third-order valence-corrected chi connectivity index (χ3v) is 8.32. The van der Waals surface area contributed by atoms with Gasteiger partial charge in [-0.15, -0.1) is 11.3 Å². The van der Waals surface area contributed by atoms with Crippen molar-refractivity contribution in [1.29, 1.82) is 0 Å². The first-order chi connectivity index (χ1) is 15.6. The third kappa shape index (κ3) is 3.00. The number of fused-ring (bicyclic) bond motifs is 4. The first kappa shape index (κ1) is 20.2. The van der Waals surface area contributed by atoms with E-state index >= 15 is 0 Å². The smallest absolute Gasteiger partial charge is 0.226 e. The number of amides is 1. The van der Waals surface area contributed by atoms with Crippen molar-refractivity contribution < 1.29 is 14.6 Å². The van der Waals surface area contributed by atoms with Gasteiger partial charge in [-0.3, -0.25) is 9.69 Å². The minimum absolute atomic E-state index is 0.0751. The molecule has 1 aliphatic carbocycles. The Morgan fingerprint density at radius 2 is 2.19 bits per heavy atom. The first-order valence-corrected chi connectivity index (χ1v) is 12.2. The molecule has 2 aliphatic heterocycles. The molecule has 2 N–H and O–H groups in total. The van der Waals surface area contributed by atoms with E-state index < -0.39 is 0 Å². The molecule has 0 bridgehead atoms. The zero-order valence-electron chi connectivity index (χ0n) is 18.2. The number of aromatic nitrogens is 2. The maximum absolute atomic E-state index is 13.4. The summed E-state index contributed by atoms with van der Waals surface area (Å²) in [5, 5.41) is 14.7. The van der Waals surface area contributed by atoms with Crippen LogP contribution in [-0.4, -0.2) is 64.1 Å². The van der Waals surface area contributed by atoms with Crippen LogP contribution in [0.3, 0.4) is 0 Å². The van der Waals surface area contributed by atoms with Crippen molar-refractivity contribution in [1.82, 2.24) is 19.8 Å². The number of methoxy groups -OCH3 is 1. The summed E-state index contributed by atoms with van der Waals surface area (Å²) < 4.78 is 5.44. The number of nitrogens with one attached hydrogen (secondary N) is 1. The summed E-state index contributed by atoms with van der Waals surface area (Å²) in [6.07, 6.45) is 4.91. The molecule has 3 aliphatic rings. The molecule has 3 aromatic rings. The quantitative estimate of drug-likeness (QED) is 0.622. The Morgan fingerprint density at radius 3 is 2.84 bits per heavy atom. The molecule has 6 rings (SSSR count). The molecule has 1 spiro atoms. The lowest BCUT2D eigenvalue weighted by atomic mass is 9.68. The molecule has 1 amide bonds. The van der Waals surface area contributed by atoms with Crippen molar-refractivity contribution in [3.8, 4) is 5.75 Å². The molecule has 168 valence electrons. The van der Waals surface area contributed by atoms with E-state index in [1.165, 1.54) is 10.9 Å². The minimum atomic E-state index is -0.324. The van der Waals surface area contributed by atoms with Crippen LogP contribution in [0.2, 0.25) is 0 Å². The molecular formula is C24H28N4O3S. The number of carbonyl (C=O) groups is 1. The van der Waals surface area contributed by atoms with Gasteiger partial charge in [-0.05, 0) is 30.5 Å². The predicted molar refractivity (Wildman–Crippen MR) is 123 cm³/mol. The molecule has 7 nitrogen and oxygen atoms in total. The highest BCUT2D eigenvalue weighted by atomic mass is 32.1. The number of aliphatic hydroxyl groups is 1. The fourth-order valence-corrected chi connectivity index (χ4v) is 6.49. The zero-order valence-corrected chi connectivity index (χ0v) is 19.0. The number of rotatable bonds is 5. The third-order valence-electron chi connectivity index (χ3n) is 7.55. The Morgan fingerprint density at radius 1 is 1.34 bits per heavy atom. The highest BCUT2D eigenvalue weighted by Gasteiger charge is 2.54. The second-order valence-electron chi connectivity index (χ2n) is 9.47. The van der Waals surface area contributed by atoms with E-state index in [2.05, 4.69) is 20.9 Å². The highest BCUT2D eigenvalue weighted by molar-refractivity contribution is 7.09. The summed E-state index contributed by atoms with van der Waals surface area (Å²) >= 11 is 1.68. The summed E-state index contributed by atoms with van der Waals surface area (Å²) in [5.74, 6) is 1.11. The summed E-state index contributed by atoms with van der Waals surface area (Å²) in [6.45, 7) is 3.18. The maximum Gasteiger partial charge on any atom is 0.226 e. The van der Waals surface area contributed by atoms with Crippen LogP contribution < -0.4 is 4.74 Å². The van der Waals surface area contributed by atoms with Crippen molar-refractivity contribution in [2.24, 2.45) is 5.92 Å². The second kappa shape index (κ2) is 7.57. The SMILES string of the molecule is COc1ccc2c3c([nH]c2c1)[C@@H](CO)N(C(=O)C1CCC1)CC31CN(Cc2nccs2)C1. The Hall–Kier alpha value is -2.42. The largest absolute Gasteiger partial charge is 0.497 e. The lowest BCUT2D eigenvalue weighted by Crippen LogP contribution is -2.67. The molecule has 4 heterocycles. The molecule has 1 atom stereocenters. The van der Waals surface area contributed by atoms with Crippen LogP contribution in [0, 0.1) is 5.92 Å². The Balaban J connectivity index is 1.41. The fraction of sp³-hybridized carbons (Fsp3) is 0.500. The molecule has 1 saturated carbocycles. The van der Waals surface area contributed by atoms with Gasteiger partial charge in [0.1, 0.15) is 10.8 Å². The van der Waals surface area contributed by atoms with Gasteiger partial charge in [0.05, 0.1) is 26.3 Å². The predicted octanol–water partition coefficient (Wildman–Crippen LogP) is 3.06.